The van der Waals surface area contributed by atoms with E-state index in [0.717, 1.165) is 24.2 Å². The number of nitrogens with two attached hydrogens (primary N) is 1. The molecule has 0 saturated heterocycles. The van der Waals surface area contributed by atoms with Gasteiger partial charge in [0.05, 0.1) is 17.7 Å². The normalized spacial score (nSPS) is 14.9. The van der Waals surface area contributed by atoms with Crippen molar-refractivity contribution >= 4 is 0 Å². The molecule has 1 aliphatic rings. The lowest BCUT2D eigenvalue weighted by Crippen LogP contribution is -2.05. The molecule has 3 heteroatoms. The summed E-state index contributed by atoms with van der Waals surface area (Å²) in [6.45, 7) is 0.353. The third-order valence-corrected chi connectivity index (χ3v) is 2.28. The zero-order valence-electron chi connectivity index (χ0n) is 7.86. The highest BCUT2D eigenvalue weighted by atomic mass is 16.5. The number of benzene rings is 1. The first kappa shape index (κ1) is 9.04. The second-order valence-electron chi connectivity index (χ2n) is 3.42. The Morgan fingerprint density at radius 2 is 2.29 bits per heavy atom. The Morgan fingerprint density at radius 1 is 1.50 bits per heavy atom. The lowest BCUT2D eigenvalue weighted by molar-refractivity contribution is 0.300. The number of hydrogen-bond acceptors (Lipinski definition) is 3. The van der Waals surface area contributed by atoms with Crippen molar-refractivity contribution in [2.45, 2.75) is 25.5 Å². The van der Waals surface area contributed by atoms with Crippen molar-refractivity contribution in [3.8, 4) is 11.8 Å². The molecule has 1 fully saturated rings. The minimum Gasteiger partial charge on any atom is -0.490 e. The fourth-order valence-electron chi connectivity index (χ4n) is 1.36. The van der Waals surface area contributed by atoms with Crippen molar-refractivity contribution in [1.82, 2.24) is 0 Å². The van der Waals surface area contributed by atoms with Crippen LogP contribution in [-0.2, 0) is 6.54 Å². The summed E-state index contributed by atoms with van der Waals surface area (Å²) in [6, 6.07) is 7.59. The third-order valence-electron chi connectivity index (χ3n) is 2.28. The van der Waals surface area contributed by atoms with E-state index in [4.69, 9.17) is 15.7 Å². The van der Waals surface area contributed by atoms with Crippen molar-refractivity contribution in [2.75, 3.05) is 0 Å². The van der Waals surface area contributed by atoms with Crippen molar-refractivity contribution in [1.29, 1.82) is 5.26 Å². The van der Waals surface area contributed by atoms with Gasteiger partial charge in [-0.2, -0.15) is 5.26 Å². The molecule has 2 N–H and O–H groups in total. The molecule has 1 aromatic rings. The zero-order chi connectivity index (χ0) is 9.97. The van der Waals surface area contributed by atoms with E-state index < -0.39 is 0 Å². The van der Waals surface area contributed by atoms with Gasteiger partial charge < -0.3 is 10.5 Å². The fraction of sp³-hybridized carbons (Fsp3) is 0.364. The van der Waals surface area contributed by atoms with Crippen LogP contribution in [0.1, 0.15) is 24.0 Å². The van der Waals surface area contributed by atoms with Crippen molar-refractivity contribution in [3.63, 3.8) is 0 Å². The van der Waals surface area contributed by atoms with Crippen LogP contribution in [0.3, 0.4) is 0 Å². The molecule has 1 aromatic carbocycles. The summed E-state index contributed by atoms with van der Waals surface area (Å²) in [6.07, 6.45) is 2.57. The summed E-state index contributed by atoms with van der Waals surface area (Å²) in [7, 11) is 0. The number of nitrogens with zero attached hydrogens (tertiary/aromatic N) is 1. The molecule has 0 atom stereocenters. The van der Waals surface area contributed by atoms with Gasteiger partial charge in [0.1, 0.15) is 5.75 Å². The van der Waals surface area contributed by atoms with Crippen molar-refractivity contribution < 1.29 is 4.74 Å². The van der Waals surface area contributed by atoms with Gasteiger partial charge in [0, 0.05) is 12.1 Å². The quantitative estimate of drug-likeness (QED) is 0.783. The predicted octanol–water partition coefficient (Wildman–Crippen LogP) is 1.56. The summed E-state index contributed by atoms with van der Waals surface area (Å²) in [5.41, 5.74) is 7.03. The summed E-state index contributed by atoms with van der Waals surface area (Å²) < 4.78 is 5.66. The van der Waals surface area contributed by atoms with Crippen LogP contribution in [0, 0.1) is 11.3 Å². The Hall–Kier alpha value is -1.53. The van der Waals surface area contributed by atoms with Crippen LogP contribution in [0.5, 0.6) is 5.75 Å². The topological polar surface area (TPSA) is 59.0 Å². The number of rotatable bonds is 3. The zero-order valence-corrected chi connectivity index (χ0v) is 7.86. The maximum absolute atomic E-state index is 8.86. The first-order valence-electron chi connectivity index (χ1n) is 4.74. The van der Waals surface area contributed by atoms with E-state index in [2.05, 4.69) is 6.07 Å². The standard InChI is InChI=1S/C11H12N2O/c12-6-8-2-1-3-11(10(8)7-13)14-9-4-5-9/h1-3,9H,4-5,7,13H2. The minimum atomic E-state index is 0.342. The summed E-state index contributed by atoms with van der Waals surface area (Å²) in [4.78, 5) is 0. The largest absolute Gasteiger partial charge is 0.490 e. The Labute approximate surface area is 83.1 Å². The second-order valence-corrected chi connectivity index (χ2v) is 3.42. The van der Waals surface area contributed by atoms with Crippen LogP contribution in [0.15, 0.2) is 18.2 Å². The minimum absolute atomic E-state index is 0.342. The highest BCUT2D eigenvalue weighted by Gasteiger charge is 2.24. The van der Waals surface area contributed by atoms with E-state index in [1.807, 2.05) is 12.1 Å². The molecule has 1 aliphatic carbocycles. The van der Waals surface area contributed by atoms with Crippen LogP contribution in [0.25, 0.3) is 0 Å². The predicted molar refractivity (Wildman–Crippen MR) is 52.7 cm³/mol. The number of ether oxygens (including phenoxy) is 1. The molecule has 0 spiro atoms. The number of hydrogen-bond donors (Lipinski definition) is 1. The highest BCUT2D eigenvalue weighted by Crippen LogP contribution is 2.30. The monoisotopic (exact) mass is 188 g/mol. The van der Waals surface area contributed by atoms with E-state index in [1.54, 1.807) is 6.07 Å². The van der Waals surface area contributed by atoms with E-state index in [0.29, 0.717) is 18.2 Å². The first-order valence-corrected chi connectivity index (χ1v) is 4.74. The van der Waals surface area contributed by atoms with Gasteiger partial charge in [-0.15, -0.1) is 0 Å². The Kier molecular flexibility index (Phi) is 2.38. The molecule has 0 bridgehead atoms. The van der Waals surface area contributed by atoms with Gasteiger partial charge in [-0.05, 0) is 25.0 Å². The average molecular weight is 188 g/mol. The molecule has 0 heterocycles. The van der Waals surface area contributed by atoms with Crippen LogP contribution >= 0.6 is 0 Å². The SMILES string of the molecule is N#Cc1cccc(OC2CC2)c1CN. The third kappa shape index (κ3) is 1.70. The molecule has 0 unspecified atom stereocenters. The van der Waals surface area contributed by atoms with Crippen LogP contribution in [-0.4, -0.2) is 6.10 Å². The fourth-order valence-corrected chi connectivity index (χ4v) is 1.36. The van der Waals surface area contributed by atoms with Gasteiger partial charge >= 0.3 is 0 Å². The lowest BCUT2D eigenvalue weighted by Gasteiger charge is -2.10. The van der Waals surface area contributed by atoms with Crippen LogP contribution < -0.4 is 10.5 Å². The molecule has 72 valence electrons. The van der Waals surface area contributed by atoms with Gasteiger partial charge in [-0.1, -0.05) is 6.07 Å². The molecule has 3 nitrogen and oxygen atoms in total. The van der Waals surface area contributed by atoms with Gasteiger partial charge in [0.15, 0.2) is 0 Å². The highest BCUT2D eigenvalue weighted by molar-refractivity contribution is 5.46. The van der Waals surface area contributed by atoms with Gasteiger partial charge in [0.25, 0.3) is 0 Å². The van der Waals surface area contributed by atoms with E-state index in [1.165, 1.54) is 0 Å². The van der Waals surface area contributed by atoms with Gasteiger partial charge in [0.2, 0.25) is 0 Å². The molecule has 0 amide bonds. The summed E-state index contributed by atoms with van der Waals surface area (Å²) in [5, 5.41) is 8.86. The smallest absolute Gasteiger partial charge is 0.125 e. The maximum Gasteiger partial charge on any atom is 0.125 e. The van der Waals surface area contributed by atoms with E-state index >= 15 is 0 Å². The molecule has 14 heavy (non-hydrogen) atoms. The number of nitriles is 1. The first-order chi connectivity index (χ1) is 6.85. The Bertz CT molecular complexity index is 377. The molecule has 0 radical (unpaired) electrons. The van der Waals surface area contributed by atoms with Crippen LogP contribution in [0.2, 0.25) is 0 Å². The van der Waals surface area contributed by atoms with Gasteiger partial charge in [-0.25, -0.2) is 0 Å². The van der Waals surface area contributed by atoms with Crippen molar-refractivity contribution in [2.24, 2.45) is 5.73 Å². The molecular weight excluding hydrogens is 176 g/mol. The lowest BCUT2D eigenvalue weighted by atomic mass is 10.1. The molecule has 1 saturated carbocycles. The van der Waals surface area contributed by atoms with E-state index in [9.17, 15) is 0 Å². The maximum atomic E-state index is 8.86. The van der Waals surface area contributed by atoms with E-state index in [-0.39, 0.29) is 0 Å². The summed E-state index contributed by atoms with van der Waals surface area (Å²) in [5.74, 6) is 0.772. The average Bonchev–Trinajstić information content (AvgIpc) is 3.01. The summed E-state index contributed by atoms with van der Waals surface area (Å²) >= 11 is 0. The Morgan fingerprint density at radius 3 is 2.86 bits per heavy atom. The van der Waals surface area contributed by atoms with Gasteiger partial charge in [-0.3, -0.25) is 0 Å². The molecular formula is C11H12N2O. The van der Waals surface area contributed by atoms with Crippen LogP contribution in [0.4, 0.5) is 0 Å². The molecule has 0 aliphatic heterocycles. The molecule has 0 aromatic heterocycles. The second kappa shape index (κ2) is 3.69. The molecule has 2 rings (SSSR count). The Balaban J connectivity index is 2.32. The van der Waals surface area contributed by atoms with Crippen molar-refractivity contribution in [3.05, 3.63) is 29.3 Å².